The zero-order valence-corrected chi connectivity index (χ0v) is 14.1. The number of sulfone groups is 1. The lowest BCUT2D eigenvalue weighted by Crippen LogP contribution is -2.32. The second kappa shape index (κ2) is 6.01. The highest BCUT2D eigenvalue weighted by Gasteiger charge is 2.27. The lowest BCUT2D eigenvalue weighted by molar-refractivity contribution is 0.0766. The highest BCUT2D eigenvalue weighted by atomic mass is 32.2. The van der Waals surface area contributed by atoms with Gasteiger partial charge in [0.2, 0.25) is 0 Å². The van der Waals surface area contributed by atoms with Crippen LogP contribution in [-0.2, 0) is 9.84 Å². The van der Waals surface area contributed by atoms with E-state index in [9.17, 15) is 13.2 Å². The van der Waals surface area contributed by atoms with Gasteiger partial charge in [0, 0.05) is 24.0 Å². The molecule has 1 amide bonds. The van der Waals surface area contributed by atoms with Gasteiger partial charge >= 0.3 is 0 Å². The predicted octanol–water partition coefficient (Wildman–Crippen LogP) is 2.94. The van der Waals surface area contributed by atoms with Crippen LogP contribution in [0.3, 0.4) is 0 Å². The summed E-state index contributed by atoms with van der Waals surface area (Å²) in [6, 6.07) is 9.88. The molecular weight excluding hydrogens is 318 g/mol. The molecule has 0 radical (unpaired) electrons. The summed E-state index contributed by atoms with van der Waals surface area (Å²) in [7, 11) is -3.02. The first-order valence-corrected chi connectivity index (χ1v) is 10.2. The van der Waals surface area contributed by atoms with E-state index in [4.69, 9.17) is 0 Å². The van der Waals surface area contributed by atoms with Gasteiger partial charge in [-0.25, -0.2) is 8.42 Å². The van der Waals surface area contributed by atoms with E-state index in [2.05, 4.69) is 0 Å². The summed E-state index contributed by atoms with van der Waals surface area (Å²) in [5.41, 5.74) is 0. The van der Waals surface area contributed by atoms with E-state index in [0.29, 0.717) is 25.9 Å². The van der Waals surface area contributed by atoms with Crippen LogP contribution in [0.15, 0.2) is 30.3 Å². The van der Waals surface area contributed by atoms with Gasteiger partial charge in [0.15, 0.2) is 0 Å². The van der Waals surface area contributed by atoms with Crippen molar-refractivity contribution < 1.29 is 13.2 Å². The number of fused-ring (bicyclic) bond motifs is 1. The van der Waals surface area contributed by atoms with Gasteiger partial charge in [0.1, 0.15) is 9.84 Å². The standard InChI is InChI=1S/C16H19NO3S2/c1-22(19,20)13-6-4-9-17(10-8-13)16(18)15-11-12-5-2-3-7-14(12)21-15/h2-3,5,7,11,13H,4,6,8-10H2,1H3/t13-/m0/s1. The van der Waals surface area contributed by atoms with Crippen molar-refractivity contribution in [2.75, 3.05) is 19.3 Å². The number of likely N-dealkylation sites (tertiary alicyclic amines) is 1. The van der Waals surface area contributed by atoms with Gasteiger partial charge in [-0.05, 0) is 36.8 Å². The number of benzene rings is 1. The van der Waals surface area contributed by atoms with Gasteiger partial charge in [0.25, 0.3) is 5.91 Å². The van der Waals surface area contributed by atoms with Crippen molar-refractivity contribution in [2.24, 2.45) is 0 Å². The van der Waals surface area contributed by atoms with Gasteiger partial charge in [-0.1, -0.05) is 18.2 Å². The van der Waals surface area contributed by atoms with Crippen molar-refractivity contribution in [1.82, 2.24) is 4.90 Å². The fourth-order valence-corrected chi connectivity index (χ4v) is 5.10. The number of carbonyl (C=O) groups is 1. The van der Waals surface area contributed by atoms with Crippen LogP contribution in [0.25, 0.3) is 10.1 Å². The average molecular weight is 337 g/mol. The molecule has 1 fully saturated rings. The Morgan fingerprint density at radius 1 is 1.23 bits per heavy atom. The molecular formula is C16H19NO3S2. The molecule has 0 N–H and O–H groups in total. The van der Waals surface area contributed by atoms with E-state index in [1.165, 1.54) is 17.6 Å². The van der Waals surface area contributed by atoms with E-state index in [1.807, 2.05) is 30.3 Å². The molecule has 1 aliphatic rings. The molecule has 1 aliphatic heterocycles. The number of amides is 1. The maximum atomic E-state index is 12.7. The summed E-state index contributed by atoms with van der Waals surface area (Å²) in [5, 5.41) is 0.771. The molecule has 0 saturated carbocycles. The van der Waals surface area contributed by atoms with E-state index in [0.717, 1.165) is 21.4 Å². The molecule has 0 aliphatic carbocycles. The van der Waals surface area contributed by atoms with Crippen molar-refractivity contribution in [2.45, 2.75) is 24.5 Å². The van der Waals surface area contributed by atoms with Crippen molar-refractivity contribution in [3.63, 3.8) is 0 Å². The van der Waals surface area contributed by atoms with Crippen LogP contribution in [0.4, 0.5) is 0 Å². The Balaban J connectivity index is 1.77. The molecule has 1 saturated heterocycles. The smallest absolute Gasteiger partial charge is 0.263 e. The number of rotatable bonds is 2. The molecule has 0 spiro atoms. The number of hydrogen-bond acceptors (Lipinski definition) is 4. The van der Waals surface area contributed by atoms with Crippen LogP contribution in [0.2, 0.25) is 0 Å². The first-order valence-electron chi connectivity index (χ1n) is 7.42. The third-order valence-electron chi connectivity index (χ3n) is 4.20. The third kappa shape index (κ3) is 3.17. The second-order valence-electron chi connectivity index (χ2n) is 5.82. The summed E-state index contributed by atoms with van der Waals surface area (Å²) in [4.78, 5) is 15.2. The lowest BCUT2D eigenvalue weighted by Gasteiger charge is -2.19. The minimum atomic E-state index is -3.02. The molecule has 0 bridgehead atoms. The van der Waals surface area contributed by atoms with Crippen molar-refractivity contribution in [3.05, 3.63) is 35.2 Å². The van der Waals surface area contributed by atoms with E-state index in [-0.39, 0.29) is 11.2 Å². The molecule has 2 aromatic rings. The minimum Gasteiger partial charge on any atom is -0.338 e. The van der Waals surface area contributed by atoms with Gasteiger partial charge in [-0.15, -0.1) is 11.3 Å². The molecule has 0 unspecified atom stereocenters. The third-order valence-corrected chi connectivity index (χ3v) is 6.99. The predicted molar refractivity (Wildman–Crippen MR) is 90.2 cm³/mol. The normalized spacial score (nSPS) is 20.0. The zero-order valence-electron chi connectivity index (χ0n) is 12.5. The summed E-state index contributed by atoms with van der Waals surface area (Å²) in [5.74, 6) is 0.0235. The summed E-state index contributed by atoms with van der Waals surface area (Å²) in [6.07, 6.45) is 3.22. The van der Waals surface area contributed by atoms with Gasteiger partial charge < -0.3 is 4.90 Å². The topological polar surface area (TPSA) is 54.5 Å². The van der Waals surface area contributed by atoms with Crippen LogP contribution < -0.4 is 0 Å². The van der Waals surface area contributed by atoms with Gasteiger partial charge in [-0.3, -0.25) is 4.79 Å². The Hall–Kier alpha value is -1.40. The monoisotopic (exact) mass is 337 g/mol. The highest BCUT2D eigenvalue weighted by molar-refractivity contribution is 7.91. The van der Waals surface area contributed by atoms with Crippen molar-refractivity contribution in [3.8, 4) is 0 Å². The number of carbonyl (C=O) groups excluding carboxylic acids is 1. The quantitative estimate of drug-likeness (QED) is 0.846. The highest BCUT2D eigenvalue weighted by Crippen LogP contribution is 2.27. The summed E-state index contributed by atoms with van der Waals surface area (Å²) in [6.45, 7) is 1.16. The molecule has 1 aromatic heterocycles. The number of nitrogens with zero attached hydrogens (tertiary/aromatic N) is 1. The Morgan fingerprint density at radius 3 is 2.73 bits per heavy atom. The fourth-order valence-electron chi connectivity index (χ4n) is 2.94. The molecule has 118 valence electrons. The maximum absolute atomic E-state index is 12.7. The molecule has 1 aromatic carbocycles. The first-order chi connectivity index (χ1) is 10.4. The largest absolute Gasteiger partial charge is 0.338 e. The average Bonchev–Trinajstić information content (AvgIpc) is 2.73. The number of thiophene rings is 1. The van der Waals surface area contributed by atoms with Crippen LogP contribution >= 0.6 is 11.3 Å². The van der Waals surface area contributed by atoms with Crippen LogP contribution in [0.5, 0.6) is 0 Å². The number of hydrogen-bond donors (Lipinski definition) is 0. The van der Waals surface area contributed by atoms with E-state index >= 15 is 0 Å². The Bertz CT molecular complexity index is 762. The molecule has 1 atom stereocenters. The lowest BCUT2D eigenvalue weighted by atomic mass is 10.2. The first kappa shape index (κ1) is 15.5. The van der Waals surface area contributed by atoms with Crippen molar-refractivity contribution >= 4 is 37.2 Å². The summed E-state index contributed by atoms with van der Waals surface area (Å²) >= 11 is 1.50. The maximum Gasteiger partial charge on any atom is 0.263 e. The van der Waals surface area contributed by atoms with Crippen molar-refractivity contribution in [1.29, 1.82) is 0 Å². The van der Waals surface area contributed by atoms with Crippen LogP contribution in [-0.4, -0.2) is 43.8 Å². The second-order valence-corrected chi connectivity index (χ2v) is 9.23. The Kier molecular flexibility index (Phi) is 4.23. The Labute approximate surface area is 134 Å². The molecule has 6 heteroatoms. The van der Waals surface area contributed by atoms with Gasteiger partial charge in [-0.2, -0.15) is 0 Å². The molecule has 3 rings (SSSR count). The van der Waals surface area contributed by atoms with Gasteiger partial charge in [0.05, 0.1) is 10.1 Å². The SMILES string of the molecule is CS(=O)(=O)[C@H]1CCCN(C(=O)c2cc3ccccc3s2)CC1. The molecule has 22 heavy (non-hydrogen) atoms. The van der Waals surface area contributed by atoms with Crippen LogP contribution in [0.1, 0.15) is 28.9 Å². The van der Waals surface area contributed by atoms with Crippen LogP contribution in [0, 0.1) is 0 Å². The molecule has 4 nitrogen and oxygen atoms in total. The fraction of sp³-hybridized carbons (Fsp3) is 0.438. The minimum absolute atomic E-state index is 0.0235. The molecule has 2 heterocycles. The van der Waals surface area contributed by atoms with E-state index in [1.54, 1.807) is 4.90 Å². The zero-order chi connectivity index (χ0) is 15.7. The summed E-state index contributed by atoms with van der Waals surface area (Å²) < 4.78 is 24.5. The van der Waals surface area contributed by atoms with E-state index < -0.39 is 9.84 Å². The Morgan fingerprint density at radius 2 is 2.00 bits per heavy atom.